The largest absolute Gasteiger partial charge is 0.495 e. The number of benzene rings is 6. The fraction of sp³-hybridized carbons (Fsp3) is 0.0833. The first-order valence-corrected chi connectivity index (χ1v) is 17.3. The molecule has 238 valence electrons. The van der Waals surface area contributed by atoms with Crippen LogP contribution in [0.25, 0.3) is 43.8 Å². The molecule has 0 fully saturated rings. The average Bonchev–Trinajstić information content (AvgIpc) is 3.72. The van der Waals surface area contributed by atoms with Crippen molar-refractivity contribution >= 4 is 32.7 Å². The van der Waals surface area contributed by atoms with Crippen LogP contribution in [-0.4, -0.2) is 14.2 Å². The Morgan fingerprint density at radius 3 is 1.18 bits per heavy atom. The Morgan fingerprint density at radius 1 is 0.400 bits per heavy atom. The molecule has 0 aliphatic heterocycles. The van der Waals surface area contributed by atoms with Crippen molar-refractivity contribution in [1.82, 2.24) is 0 Å². The van der Waals surface area contributed by atoms with Gasteiger partial charge in [-0.3, -0.25) is 0 Å². The summed E-state index contributed by atoms with van der Waals surface area (Å²) in [6, 6.07) is 39.3. The van der Waals surface area contributed by atoms with Gasteiger partial charge >= 0.3 is 0 Å². The van der Waals surface area contributed by atoms with E-state index in [0.29, 0.717) is 0 Å². The Labute approximate surface area is 292 Å². The van der Waals surface area contributed by atoms with Crippen LogP contribution >= 0.6 is 0 Å². The lowest BCUT2D eigenvalue weighted by molar-refractivity contribution is 0.409. The molecule has 2 heteroatoms. The van der Waals surface area contributed by atoms with E-state index in [1.54, 1.807) is 0 Å². The SMILES string of the molecule is COc1c2c(c3ccccc3c1-c1c(OC)c3c(c4ccccc14)[C@H]1C=CC=CC1=C3c1ccccc1)[C@@H]1C=CC=CC1=C2c1ccccc1. The third-order valence-corrected chi connectivity index (χ3v) is 11.0. The summed E-state index contributed by atoms with van der Waals surface area (Å²) < 4.78 is 13.4. The molecule has 0 heterocycles. The molecule has 0 radical (unpaired) electrons. The lowest BCUT2D eigenvalue weighted by atomic mass is 9.81. The van der Waals surface area contributed by atoms with Crippen LogP contribution in [0.1, 0.15) is 45.2 Å². The first-order chi connectivity index (χ1) is 24.8. The number of allylic oxidation sites excluding steroid dienone is 10. The van der Waals surface area contributed by atoms with Crippen molar-refractivity contribution in [2.75, 3.05) is 14.2 Å². The van der Waals surface area contributed by atoms with Crippen LogP contribution in [-0.2, 0) is 0 Å². The van der Waals surface area contributed by atoms with Crippen molar-refractivity contribution in [2.24, 2.45) is 0 Å². The molecule has 4 aliphatic rings. The quantitative estimate of drug-likeness (QED) is 0.186. The molecular weight excluding hydrogens is 609 g/mol. The number of rotatable bonds is 5. The monoisotopic (exact) mass is 642 g/mol. The zero-order valence-corrected chi connectivity index (χ0v) is 28.0. The van der Waals surface area contributed by atoms with Gasteiger partial charge in [0, 0.05) is 34.1 Å². The van der Waals surface area contributed by atoms with Crippen LogP contribution in [0.3, 0.4) is 0 Å². The molecule has 6 aromatic carbocycles. The molecule has 0 bridgehead atoms. The number of methoxy groups -OCH3 is 2. The molecule has 2 nitrogen and oxygen atoms in total. The number of hydrogen-bond acceptors (Lipinski definition) is 2. The van der Waals surface area contributed by atoms with Crippen LogP contribution in [0.5, 0.6) is 11.5 Å². The summed E-state index contributed by atoms with van der Waals surface area (Å²) in [5, 5.41) is 4.79. The second-order valence-corrected chi connectivity index (χ2v) is 13.3. The van der Waals surface area contributed by atoms with Crippen molar-refractivity contribution < 1.29 is 9.47 Å². The Morgan fingerprint density at radius 2 is 0.780 bits per heavy atom. The molecule has 0 N–H and O–H groups in total. The zero-order valence-electron chi connectivity index (χ0n) is 28.0. The second kappa shape index (κ2) is 11.2. The molecule has 0 unspecified atom stereocenters. The molecule has 0 amide bonds. The van der Waals surface area contributed by atoms with Gasteiger partial charge in [-0.1, -0.05) is 158 Å². The summed E-state index contributed by atoms with van der Waals surface area (Å²) in [5.74, 6) is 2.03. The molecule has 0 aromatic heterocycles. The van der Waals surface area contributed by atoms with Crippen molar-refractivity contribution in [3.63, 3.8) is 0 Å². The lowest BCUT2D eigenvalue weighted by Gasteiger charge is -2.26. The highest BCUT2D eigenvalue weighted by molar-refractivity contribution is 6.18. The molecule has 4 aliphatic carbocycles. The molecular formula is C48H34O2. The Kier molecular flexibility index (Phi) is 6.47. The second-order valence-electron chi connectivity index (χ2n) is 13.3. The van der Waals surface area contributed by atoms with Crippen molar-refractivity contribution in [3.05, 3.63) is 202 Å². The van der Waals surface area contributed by atoms with Crippen molar-refractivity contribution in [2.45, 2.75) is 11.8 Å². The highest BCUT2D eigenvalue weighted by Gasteiger charge is 2.40. The van der Waals surface area contributed by atoms with Gasteiger partial charge in [-0.15, -0.1) is 0 Å². The molecule has 0 saturated heterocycles. The molecule has 6 aromatic rings. The predicted molar refractivity (Wildman–Crippen MR) is 207 cm³/mol. The smallest absolute Gasteiger partial charge is 0.135 e. The van der Waals surface area contributed by atoms with E-state index in [1.165, 1.54) is 55.3 Å². The summed E-state index contributed by atoms with van der Waals surface area (Å²) in [5.41, 5.74) is 14.5. The lowest BCUT2D eigenvalue weighted by Crippen LogP contribution is -2.05. The highest BCUT2D eigenvalue weighted by Crippen LogP contribution is 2.61. The predicted octanol–water partition coefficient (Wildman–Crippen LogP) is 11.7. The van der Waals surface area contributed by atoms with Crippen molar-refractivity contribution in [3.8, 4) is 22.6 Å². The first-order valence-electron chi connectivity index (χ1n) is 17.3. The maximum Gasteiger partial charge on any atom is 0.135 e. The minimum atomic E-state index is 0.132. The van der Waals surface area contributed by atoms with E-state index in [2.05, 4.69) is 158 Å². The fourth-order valence-corrected chi connectivity index (χ4v) is 9.11. The minimum Gasteiger partial charge on any atom is -0.495 e. The Balaban J connectivity index is 1.40. The van der Waals surface area contributed by atoms with Crippen LogP contribution in [0.2, 0.25) is 0 Å². The van der Waals surface area contributed by atoms with Gasteiger partial charge in [0.2, 0.25) is 0 Å². The van der Waals surface area contributed by atoms with E-state index < -0.39 is 0 Å². The van der Waals surface area contributed by atoms with Gasteiger partial charge in [0.05, 0.1) is 14.2 Å². The van der Waals surface area contributed by atoms with Gasteiger partial charge in [0.25, 0.3) is 0 Å². The molecule has 2 atom stereocenters. The van der Waals surface area contributed by atoms with Gasteiger partial charge in [-0.2, -0.15) is 0 Å². The maximum atomic E-state index is 6.71. The van der Waals surface area contributed by atoms with E-state index in [9.17, 15) is 0 Å². The highest BCUT2D eigenvalue weighted by atomic mass is 16.5. The van der Waals surface area contributed by atoms with E-state index in [0.717, 1.165) is 44.5 Å². The fourth-order valence-electron chi connectivity index (χ4n) is 9.11. The first kappa shape index (κ1) is 28.9. The van der Waals surface area contributed by atoms with Gasteiger partial charge in [-0.05, 0) is 66.1 Å². The van der Waals surface area contributed by atoms with Crippen LogP contribution in [0, 0.1) is 0 Å². The summed E-state index contributed by atoms with van der Waals surface area (Å²) in [7, 11) is 3.66. The standard InChI is InChI=1S/C48H34O2/c1-49-47-43(37-27-15-13-25-35(37)41-33-23-11-9-21-31(33)39(45(41)47)29-17-5-3-6-18-29)44-38-28-16-14-26-36(38)42-34-24-12-10-22-32(34)40(46(42)48(44)50-2)30-19-7-4-8-20-30/h3-28,33-34H,1-2H3/t33-,34+. The Bertz CT molecular complexity index is 2410. The number of hydrogen-bond donors (Lipinski definition) is 0. The molecule has 10 rings (SSSR count). The maximum absolute atomic E-state index is 6.71. The van der Waals surface area contributed by atoms with Gasteiger partial charge in [-0.25, -0.2) is 0 Å². The summed E-state index contributed by atoms with van der Waals surface area (Å²) in [6.45, 7) is 0. The average molecular weight is 643 g/mol. The summed E-state index contributed by atoms with van der Waals surface area (Å²) >= 11 is 0. The third kappa shape index (κ3) is 3.90. The molecule has 0 spiro atoms. The van der Waals surface area contributed by atoms with Crippen LogP contribution in [0.4, 0.5) is 0 Å². The minimum absolute atomic E-state index is 0.132. The summed E-state index contributed by atoms with van der Waals surface area (Å²) in [6.07, 6.45) is 17.9. The topological polar surface area (TPSA) is 18.5 Å². The Hall–Kier alpha value is -6.12. The number of ether oxygens (including phenoxy) is 2. The number of fused-ring (bicyclic) bond motifs is 10. The zero-order chi connectivity index (χ0) is 33.3. The van der Waals surface area contributed by atoms with E-state index in [4.69, 9.17) is 9.47 Å². The normalized spacial score (nSPS) is 18.1. The van der Waals surface area contributed by atoms with E-state index >= 15 is 0 Å². The third-order valence-electron chi connectivity index (χ3n) is 11.0. The summed E-state index contributed by atoms with van der Waals surface area (Å²) in [4.78, 5) is 0. The van der Waals surface area contributed by atoms with E-state index in [-0.39, 0.29) is 11.8 Å². The molecule has 50 heavy (non-hydrogen) atoms. The van der Waals surface area contributed by atoms with Crippen molar-refractivity contribution in [1.29, 1.82) is 0 Å². The van der Waals surface area contributed by atoms with Gasteiger partial charge < -0.3 is 9.47 Å². The van der Waals surface area contributed by atoms with Gasteiger partial charge in [0.15, 0.2) is 0 Å². The van der Waals surface area contributed by atoms with E-state index in [1.807, 2.05) is 14.2 Å². The van der Waals surface area contributed by atoms with Crippen LogP contribution < -0.4 is 9.47 Å². The van der Waals surface area contributed by atoms with Crippen LogP contribution in [0.15, 0.2) is 169 Å². The van der Waals surface area contributed by atoms with Gasteiger partial charge in [0.1, 0.15) is 11.5 Å². The molecule has 0 saturated carbocycles.